The van der Waals surface area contributed by atoms with Gasteiger partial charge < -0.3 is 14.7 Å². The maximum absolute atomic E-state index is 13.4. The van der Waals surface area contributed by atoms with Gasteiger partial charge in [0, 0.05) is 11.6 Å². The van der Waals surface area contributed by atoms with E-state index >= 15 is 0 Å². The summed E-state index contributed by atoms with van der Waals surface area (Å²) in [5.74, 6) is 0.260. The summed E-state index contributed by atoms with van der Waals surface area (Å²) in [5, 5.41) is 10.6. The number of piperidine rings is 1. The van der Waals surface area contributed by atoms with Crippen LogP contribution in [0, 0.1) is 5.82 Å². The summed E-state index contributed by atoms with van der Waals surface area (Å²) in [7, 11) is 4.17. The maximum atomic E-state index is 13.4. The number of hydrogen-bond donors (Lipinski definition) is 1. The molecule has 0 saturated carbocycles. The van der Waals surface area contributed by atoms with Crippen molar-refractivity contribution in [1.82, 2.24) is 9.80 Å². The first-order chi connectivity index (χ1) is 10.1. The molecule has 0 bridgehead atoms. The Morgan fingerprint density at radius 1 is 1.33 bits per heavy atom. The molecule has 1 saturated heterocycles. The zero-order valence-electron chi connectivity index (χ0n) is 12.6. The van der Waals surface area contributed by atoms with Crippen molar-refractivity contribution in [3.63, 3.8) is 0 Å². The zero-order chi connectivity index (χ0) is 15.0. The molecular formula is C16H23FN2O2. The van der Waals surface area contributed by atoms with E-state index < -0.39 is 6.10 Å². The molecule has 1 fully saturated rings. The fraction of sp³-hybridized carbons (Fsp3) is 0.625. The summed E-state index contributed by atoms with van der Waals surface area (Å²) >= 11 is 0. The van der Waals surface area contributed by atoms with Crippen molar-refractivity contribution in [2.45, 2.75) is 31.0 Å². The van der Waals surface area contributed by atoms with E-state index in [2.05, 4.69) is 16.8 Å². The van der Waals surface area contributed by atoms with Gasteiger partial charge in [0.1, 0.15) is 24.3 Å². The summed E-state index contributed by atoms with van der Waals surface area (Å²) in [5.41, 5.74) is 0.561. The minimum Gasteiger partial charge on any atom is -0.491 e. The zero-order valence-corrected chi connectivity index (χ0v) is 12.6. The number of nitrogens with zero attached hydrogens (tertiary/aromatic N) is 2. The van der Waals surface area contributed by atoms with Crippen LogP contribution in [-0.2, 0) is 0 Å². The topological polar surface area (TPSA) is 35.9 Å². The first kappa shape index (κ1) is 14.8. The Morgan fingerprint density at radius 2 is 2.05 bits per heavy atom. The molecule has 1 N–H and O–H groups in total. The van der Waals surface area contributed by atoms with E-state index in [1.807, 2.05) is 7.05 Å². The number of rotatable bonds is 2. The van der Waals surface area contributed by atoms with Gasteiger partial charge >= 0.3 is 0 Å². The summed E-state index contributed by atoms with van der Waals surface area (Å²) in [6, 6.07) is 4.67. The SMILES string of the molecule is CN1CCC(N(C)C2COc3ccc(F)cc3C2O)CC1. The van der Waals surface area contributed by atoms with Crippen molar-refractivity contribution < 1.29 is 14.2 Å². The Bertz CT molecular complexity index is 503. The number of likely N-dealkylation sites (tertiary alicyclic amines) is 1. The van der Waals surface area contributed by atoms with Gasteiger partial charge in [0.25, 0.3) is 0 Å². The minimum absolute atomic E-state index is 0.118. The molecule has 1 aromatic carbocycles. The van der Waals surface area contributed by atoms with Crippen LogP contribution in [0.5, 0.6) is 5.75 Å². The van der Waals surface area contributed by atoms with Gasteiger partial charge in [-0.25, -0.2) is 4.39 Å². The van der Waals surface area contributed by atoms with Crippen LogP contribution in [0.1, 0.15) is 24.5 Å². The molecule has 0 amide bonds. The van der Waals surface area contributed by atoms with E-state index in [1.54, 1.807) is 6.07 Å². The Hall–Kier alpha value is -1.17. The summed E-state index contributed by atoms with van der Waals surface area (Å²) in [6.07, 6.45) is 1.48. The molecule has 2 atom stereocenters. The number of benzene rings is 1. The van der Waals surface area contributed by atoms with Crippen molar-refractivity contribution in [3.05, 3.63) is 29.6 Å². The normalized spacial score (nSPS) is 27.5. The van der Waals surface area contributed by atoms with E-state index in [1.165, 1.54) is 12.1 Å². The smallest absolute Gasteiger partial charge is 0.125 e. The Balaban J connectivity index is 1.74. The number of likely N-dealkylation sites (N-methyl/N-ethyl adjacent to an activating group) is 1. The van der Waals surface area contributed by atoms with Crippen molar-refractivity contribution in [2.75, 3.05) is 33.8 Å². The van der Waals surface area contributed by atoms with E-state index in [9.17, 15) is 9.50 Å². The lowest BCUT2D eigenvalue weighted by molar-refractivity contribution is -0.0145. The molecule has 3 rings (SSSR count). The van der Waals surface area contributed by atoms with Crippen molar-refractivity contribution in [2.24, 2.45) is 0 Å². The average molecular weight is 294 g/mol. The number of aliphatic hydroxyl groups is 1. The largest absolute Gasteiger partial charge is 0.491 e. The summed E-state index contributed by atoms with van der Waals surface area (Å²) in [6.45, 7) is 2.59. The van der Waals surface area contributed by atoms with Crippen molar-refractivity contribution in [3.8, 4) is 5.75 Å². The quantitative estimate of drug-likeness (QED) is 0.900. The molecule has 0 spiro atoms. The third kappa shape index (κ3) is 2.91. The third-order valence-corrected chi connectivity index (χ3v) is 4.85. The van der Waals surface area contributed by atoms with Crippen LogP contribution in [0.4, 0.5) is 4.39 Å². The van der Waals surface area contributed by atoms with Crippen molar-refractivity contribution in [1.29, 1.82) is 0 Å². The van der Waals surface area contributed by atoms with Crippen LogP contribution in [0.15, 0.2) is 18.2 Å². The number of fused-ring (bicyclic) bond motifs is 1. The predicted molar refractivity (Wildman–Crippen MR) is 78.9 cm³/mol. The minimum atomic E-state index is -0.700. The second kappa shape index (κ2) is 5.91. The monoisotopic (exact) mass is 294 g/mol. The van der Waals surface area contributed by atoms with Gasteiger partial charge in [-0.3, -0.25) is 4.90 Å². The van der Waals surface area contributed by atoms with E-state index in [4.69, 9.17) is 4.74 Å². The van der Waals surface area contributed by atoms with Crippen LogP contribution in [-0.4, -0.2) is 60.8 Å². The van der Waals surface area contributed by atoms with Gasteiger partial charge in [-0.1, -0.05) is 0 Å². The average Bonchev–Trinajstić information content (AvgIpc) is 2.48. The molecule has 2 heterocycles. The van der Waals surface area contributed by atoms with E-state index in [0.717, 1.165) is 25.9 Å². The van der Waals surface area contributed by atoms with Crippen LogP contribution < -0.4 is 4.74 Å². The van der Waals surface area contributed by atoms with Gasteiger partial charge in [-0.2, -0.15) is 0 Å². The number of aliphatic hydroxyl groups excluding tert-OH is 1. The number of hydrogen-bond acceptors (Lipinski definition) is 4. The predicted octanol–water partition coefficient (Wildman–Crippen LogP) is 1.65. The highest BCUT2D eigenvalue weighted by Gasteiger charge is 2.36. The van der Waals surface area contributed by atoms with Gasteiger partial charge in [0.15, 0.2) is 0 Å². The second-order valence-corrected chi connectivity index (χ2v) is 6.21. The van der Waals surface area contributed by atoms with Gasteiger partial charge in [0.05, 0.1) is 6.04 Å². The Kier molecular flexibility index (Phi) is 4.15. The van der Waals surface area contributed by atoms with E-state index in [0.29, 0.717) is 24.0 Å². The molecule has 0 aromatic heterocycles. The summed E-state index contributed by atoms with van der Waals surface area (Å²) < 4.78 is 19.1. The molecule has 0 radical (unpaired) electrons. The highest BCUT2D eigenvalue weighted by Crippen LogP contribution is 2.35. The fourth-order valence-corrected chi connectivity index (χ4v) is 3.37. The van der Waals surface area contributed by atoms with Gasteiger partial charge in [-0.15, -0.1) is 0 Å². The second-order valence-electron chi connectivity index (χ2n) is 6.21. The molecule has 2 unspecified atom stereocenters. The van der Waals surface area contributed by atoms with Crippen LogP contribution >= 0.6 is 0 Å². The molecule has 5 heteroatoms. The molecular weight excluding hydrogens is 271 g/mol. The number of ether oxygens (including phenoxy) is 1. The lowest BCUT2D eigenvalue weighted by atomic mass is 9.95. The molecule has 21 heavy (non-hydrogen) atoms. The maximum Gasteiger partial charge on any atom is 0.125 e. The van der Waals surface area contributed by atoms with Crippen LogP contribution in [0.25, 0.3) is 0 Å². The molecule has 2 aliphatic heterocycles. The Labute approximate surface area is 125 Å². The van der Waals surface area contributed by atoms with Gasteiger partial charge in [0.2, 0.25) is 0 Å². The fourth-order valence-electron chi connectivity index (χ4n) is 3.37. The van der Waals surface area contributed by atoms with E-state index in [-0.39, 0.29) is 11.9 Å². The van der Waals surface area contributed by atoms with Crippen LogP contribution in [0.2, 0.25) is 0 Å². The number of halogens is 1. The molecule has 2 aliphatic rings. The first-order valence-electron chi connectivity index (χ1n) is 7.57. The lowest BCUT2D eigenvalue weighted by Gasteiger charge is -2.42. The third-order valence-electron chi connectivity index (χ3n) is 4.85. The summed E-state index contributed by atoms with van der Waals surface area (Å²) in [4.78, 5) is 4.54. The van der Waals surface area contributed by atoms with Crippen LogP contribution in [0.3, 0.4) is 0 Å². The lowest BCUT2D eigenvalue weighted by Crippen LogP contribution is -2.51. The highest BCUT2D eigenvalue weighted by molar-refractivity contribution is 5.38. The molecule has 116 valence electrons. The molecule has 4 nitrogen and oxygen atoms in total. The van der Waals surface area contributed by atoms with Gasteiger partial charge in [-0.05, 0) is 58.2 Å². The highest BCUT2D eigenvalue weighted by atomic mass is 19.1. The standard InChI is InChI=1S/C16H23FN2O2/c1-18-7-5-12(6-8-18)19(2)14-10-21-15-4-3-11(17)9-13(15)16(14)20/h3-4,9,12,14,16,20H,5-8,10H2,1-2H3. The molecule has 0 aliphatic carbocycles. The Morgan fingerprint density at radius 3 is 2.76 bits per heavy atom. The molecule has 1 aromatic rings. The van der Waals surface area contributed by atoms with Crippen molar-refractivity contribution >= 4 is 0 Å². The first-order valence-corrected chi connectivity index (χ1v) is 7.57.